The van der Waals surface area contributed by atoms with E-state index < -0.39 is 5.91 Å². The predicted molar refractivity (Wildman–Crippen MR) is 99.2 cm³/mol. The number of carbonyl (C=O) groups excluding carboxylic acids is 1. The van der Waals surface area contributed by atoms with E-state index in [-0.39, 0.29) is 11.6 Å². The molecule has 0 atom stereocenters. The molecule has 2 heterocycles. The molecule has 2 N–H and O–H groups in total. The van der Waals surface area contributed by atoms with Gasteiger partial charge >= 0.3 is 0 Å². The van der Waals surface area contributed by atoms with E-state index in [2.05, 4.69) is 15.5 Å². The highest BCUT2D eigenvalue weighted by Crippen LogP contribution is 2.27. The Balaban J connectivity index is 1.75. The number of nitrogens with one attached hydrogen (secondary N) is 1. The third-order valence-corrected chi connectivity index (χ3v) is 4.27. The number of para-hydroxylation sites is 1. The molecule has 7 heteroatoms. The minimum Gasteiger partial charge on any atom is -0.506 e. The van der Waals surface area contributed by atoms with Gasteiger partial charge in [-0.3, -0.25) is 9.20 Å². The molecule has 134 valence electrons. The highest BCUT2D eigenvalue weighted by atomic mass is 19.1. The summed E-state index contributed by atoms with van der Waals surface area (Å²) >= 11 is 0. The Hall–Kier alpha value is -3.74. The Labute approximate surface area is 153 Å². The summed E-state index contributed by atoms with van der Waals surface area (Å²) in [5.41, 5.74) is 2.44. The standard InChI is InChI=1S/C20H15FN4O2/c1-12-4-2-6-16(26)17(12)22-20(27)15-5-3-11-25-18(23-24-19(15)25)13-7-9-14(21)10-8-13/h2-11,26H,1H3,(H,22,27). The van der Waals surface area contributed by atoms with E-state index in [0.29, 0.717) is 28.3 Å². The van der Waals surface area contributed by atoms with Crippen molar-refractivity contribution in [3.63, 3.8) is 0 Å². The Morgan fingerprint density at radius 1 is 1.07 bits per heavy atom. The molecule has 2 aromatic carbocycles. The topological polar surface area (TPSA) is 79.5 Å². The van der Waals surface area contributed by atoms with Crippen molar-refractivity contribution in [1.82, 2.24) is 14.6 Å². The second-order valence-corrected chi connectivity index (χ2v) is 6.07. The quantitative estimate of drug-likeness (QED) is 0.543. The molecule has 0 saturated heterocycles. The molecule has 0 fully saturated rings. The molecule has 27 heavy (non-hydrogen) atoms. The number of nitrogens with zero attached hydrogens (tertiary/aromatic N) is 3. The number of anilines is 1. The number of carbonyl (C=O) groups is 1. The summed E-state index contributed by atoms with van der Waals surface area (Å²) in [6.07, 6.45) is 1.73. The fourth-order valence-corrected chi connectivity index (χ4v) is 2.88. The summed E-state index contributed by atoms with van der Waals surface area (Å²) in [5, 5.41) is 21.0. The largest absolute Gasteiger partial charge is 0.506 e. The number of aryl methyl sites for hydroxylation is 1. The van der Waals surface area contributed by atoms with Gasteiger partial charge in [0.1, 0.15) is 11.6 Å². The number of hydrogen-bond donors (Lipinski definition) is 2. The molecule has 2 aromatic heterocycles. The first-order valence-electron chi connectivity index (χ1n) is 8.24. The third-order valence-electron chi connectivity index (χ3n) is 4.27. The van der Waals surface area contributed by atoms with E-state index in [1.165, 1.54) is 18.2 Å². The van der Waals surface area contributed by atoms with E-state index in [4.69, 9.17) is 0 Å². The van der Waals surface area contributed by atoms with Crippen LogP contribution in [-0.4, -0.2) is 25.6 Å². The van der Waals surface area contributed by atoms with Crippen LogP contribution in [0, 0.1) is 12.7 Å². The minimum atomic E-state index is -0.414. The number of pyridine rings is 1. The van der Waals surface area contributed by atoms with E-state index in [0.717, 1.165) is 5.56 Å². The third kappa shape index (κ3) is 2.99. The van der Waals surface area contributed by atoms with Gasteiger partial charge in [-0.15, -0.1) is 10.2 Å². The van der Waals surface area contributed by atoms with Gasteiger partial charge < -0.3 is 10.4 Å². The van der Waals surface area contributed by atoms with Gasteiger partial charge in [0.2, 0.25) is 0 Å². The maximum absolute atomic E-state index is 13.2. The average molecular weight is 362 g/mol. The van der Waals surface area contributed by atoms with Crippen molar-refractivity contribution in [3.8, 4) is 17.1 Å². The lowest BCUT2D eigenvalue weighted by molar-refractivity contribution is 0.102. The van der Waals surface area contributed by atoms with Crippen molar-refractivity contribution >= 4 is 17.2 Å². The van der Waals surface area contributed by atoms with Crippen LogP contribution in [0.2, 0.25) is 0 Å². The average Bonchev–Trinajstić information content (AvgIpc) is 3.09. The molecule has 4 rings (SSSR count). The maximum Gasteiger partial charge on any atom is 0.259 e. The van der Waals surface area contributed by atoms with Crippen LogP contribution in [0.5, 0.6) is 5.75 Å². The van der Waals surface area contributed by atoms with Gasteiger partial charge in [-0.1, -0.05) is 12.1 Å². The summed E-state index contributed by atoms with van der Waals surface area (Å²) < 4.78 is 14.8. The van der Waals surface area contributed by atoms with E-state index in [1.54, 1.807) is 53.9 Å². The summed E-state index contributed by atoms with van der Waals surface area (Å²) in [4.78, 5) is 12.8. The lowest BCUT2D eigenvalue weighted by Gasteiger charge is -2.10. The van der Waals surface area contributed by atoms with Crippen molar-refractivity contribution in [2.75, 3.05) is 5.32 Å². The molecule has 6 nitrogen and oxygen atoms in total. The Morgan fingerprint density at radius 3 is 2.59 bits per heavy atom. The Kier molecular flexibility index (Phi) is 4.04. The fraction of sp³-hybridized carbons (Fsp3) is 0.0500. The van der Waals surface area contributed by atoms with Crippen molar-refractivity contribution in [3.05, 3.63) is 77.7 Å². The number of aromatic hydroxyl groups is 1. The zero-order valence-electron chi connectivity index (χ0n) is 14.3. The molecule has 0 bridgehead atoms. The highest BCUT2D eigenvalue weighted by Gasteiger charge is 2.17. The second kappa shape index (κ2) is 6.53. The van der Waals surface area contributed by atoms with Crippen molar-refractivity contribution in [2.45, 2.75) is 6.92 Å². The van der Waals surface area contributed by atoms with Crippen LogP contribution in [0.25, 0.3) is 17.0 Å². The number of halogens is 1. The number of amides is 1. The van der Waals surface area contributed by atoms with E-state index in [9.17, 15) is 14.3 Å². The van der Waals surface area contributed by atoms with Crippen LogP contribution in [-0.2, 0) is 0 Å². The summed E-state index contributed by atoms with van der Waals surface area (Å²) in [5.74, 6) is -0.268. The maximum atomic E-state index is 13.2. The molecule has 0 aliphatic heterocycles. The number of fused-ring (bicyclic) bond motifs is 1. The van der Waals surface area contributed by atoms with Crippen LogP contribution in [0.15, 0.2) is 60.8 Å². The smallest absolute Gasteiger partial charge is 0.259 e. The fourth-order valence-electron chi connectivity index (χ4n) is 2.88. The first-order chi connectivity index (χ1) is 13.0. The van der Waals surface area contributed by atoms with Crippen molar-refractivity contribution < 1.29 is 14.3 Å². The first-order valence-corrected chi connectivity index (χ1v) is 8.24. The number of rotatable bonds is 3. The van der Waals surface area contributed by atoms with Crippen LogP contribution >= 0.6 is 0 Å². The lowest BCUT2D eigenvalue weighted by Crippen LogP contribution is -2.14. The lowest BCUT2D eigenvalue weighted by atomic mass is 10.1. The summed E-state index contributed by atoms with van der Waals surface area (Å²) in [6.45, 7) is 1.79. The molecule has 0 spiro atoms. The number of benzene rings is 2. The predicted octanol–water partition coefficient (Wildman–Crippen LogP) is 3.80. The zero-order chi connectivity index (χ0) is 19.0. The molecular formula is C20H15FN4O2. The molecule has 0 aliphatic rings. The van der Waals surface area contributed by atoms with Gasteiger partial charge in [0.05, 0.1) is 11.3 Å². The summed E-state index contributed by atoms with van der Waals surface area (Å²) in [6, 6.07) is 14.2. The van der Waals surface area contributed by atoms with Gasteiger partial charge in [0.25, 0.3) is 5.91 Å². The molecule has 4 aromatic rings. The van der Waals surface area contributed by atoms with E-state index in [1.807, 2.05) is 0 Å². The normalized spacial score (nSPS) is 10.9. The van der Waals surface area contributed by atoms with Gasteiger partial charge in [0, 0.05) is 11.8 Å². The van der Waals surface area contributed by atoms with Crippen LogP contribution < -0.4 is 5.32 Å². The molecule has 0 saturated carbocycles. The van der Waals surface area contributed by atoms with Crippen LogP contribution in [0.4, 0.5) is 10.1 Å². The van der Waals surface area contributed by atoms with Gasteiger partial charge in [-0.25, -0.2) is 4.39 Å². The molecule has 0 unspecified atom stereocenters. The van der Waals surface area contributed by atoms with Gasteiger partial charge in [-0.2, -0.15) is 0 Å². The second-order valence-electron chi connectivity index (χ2n) is 6.07. The van der Waals surface area contributed by atoms with Crippen LogP contribution in [0.1, 0.15) is 15.9 Å². The highest BCUT2D eigenvalue weighted by molar-refractivity contribution is 6.09. The Bertz CT molecular complexity index is 1130. The van der Waals surface area contributed by atoms with Crippen molar-refractivity contribution in [2.24, 2.45) is 0 Å². The van der Waals surface area contributed by atoms with Gasteiger partial charge in [-0.05, 0) is 55.0 Å². The number of phenols is 1. The first kappa shape index (κ1) is 16.7. The van der Waals surface area contributed by atoms with Crippen molar-refractivity contribution in [1.29, 1.82) is 0 Å². The zero-order valence-corrected chi connectivity index (χ0v) is 14.3. The number of phenolic OH excluding ortho intramolecular Hbond substituents is 1. The van der Waals surface area contributed by atoms with Crippen LogP contribution in [0.3, 0.4) is 0 Å². The molecular weight excluding hydrogens is 347 g/mol. The number of aromatic nitrogens is 3. The van der Waals surface area contributed by atoms with E-state index >= 15 is 0 Å². The number of hydrogen-bond acceptors (Lipinski definition) is 4. The SMILES string of the molecule is Cc1cccc(O)c1NC(=O)c1cccn2c(-c3ccc(F)cc3)nnc12. The molecule has 0 aliphatic carbocycles. The molecule has 1 amide bonds. The summed E-state index contributed by atoms with van der Waals surface area (Å²) in [7, 11) is 0. The minimum absolute atomic E-state index is 0.0104. The Morgan fingerprint density at radius 2 is 1.85 bits per heavy atom. The van der Waals surface area contributed by atoms with Gasteiger partial charge in [0.15, 0.2) is 11.5 Å². The monoisotopic (exact) mass is 362 g/mol. The molecule has 0 radical (unpaired) electrons.